The van der Waals surface area contributed by atoms with Gasteiger partial charge in [0.2, 0.25) is 0 Å². The fourth-order valence-electron chi connectivity index (χ4n) is 3.09. The Hall–Kier alpha value is -0.900. The second-order valence-electron chi connectivity index (χ2n) is 6.77. The van der Waals surface area contributed by atoms with Crippen molar-refractivity contribution in [2.45, 2.75) is 52.5 Å². The molecule has 1 saturated carbocycles. The van der Waals surface area contributed by atoms with Crippen LogP contribution in [0.5, 0.6) is 0 Å². The number of hydrogen-bond donors (Lipinski definition) is 1. The maximum Gasteiger partial charge on any atom is 0.331 e. The second-order valence-corrected chi connectivity index (χ2v) is 6.77. The molecule has 2 fully saturated rings. The normalized spacial score (nSPS) is 31.2. The zero-order valence-electron chi connectivity index (χ0n) is 11.5. The van der Waals surface area contributed by atoms with Crippen molar-refractivity contribution in [3.63, 3.8) is 0 Å². The fraction of sp³-hybridized carbons (Fsp3) is 0.857. The van der Waals surface area contributed by atoms with Gasteiger partial charge in [-0.25, -0.2) is 4.79 Å². The lowest BCUT2D eigenvalue weighted by Gasteiger charge is -2.19. The largest absolute Gasteiger partial charge is 0.392 e. The molecule has 4 heteroatoms. The highest BCUT2D eigenvalue weighted by Crippen LogP contribution is 2.38. The first-order chi connectivity index (χ1) is 8.37. The zero-order valence-corrected chi connectivity index (χ0v) is 11.5. The van der Waals surface area contributed by atoms with Crippen molar-refractivity contribution < 1.29 is 14.3 Å². The van der Waals surface area contributed by atoms with E-state index in [9.17, 15) is 9.59 Å². The van der Waals surface area contributed by atoms with Crippen LogP contribution in [0.1, 0.15) is 46.5 Å². The van der Waals surface area contributed by atoms with Gasteiger partial charge in [-0.05, 0) is 36.6 Å². The van der Waals surface area contributed by atoms with Crippen molar-refractivity contribution in [2.24, 2.45) is 17.3 Å². The summed E-state index contributed by atoms with van der Waals surface area (Å²) in [5.41, 5.74) is -0.142. The van der Waals surface area contributed by atoms with E-state index in [2.05, 4.69) is 5.32 Å². The van der Waals surface area contributed by atoms with E-state index >= 15 is 0 Å². The third-order valence-corrected chi connectivity index (χ3v) is 3.89. The molecule has 3 atom stereocenters. The van der Waals surface area contributed by atoms with Crippen LogP contribution in [0.25, 0.3) is 0 Å². The minimum atomic E-state index is -0.407. The molecule has 18 heavy (non-hydrogen) atoms. The smallest absolute Gasteiger partial charge is 0.331 e. The summed E-state index contributed by atoms with van der Waals surface area (Å²) < 4.78 is 4.98. The van der Waals surface area contributed by atoms with Crippen molar-refractivity contribution in [1.82, 2.24) is 5.32 Å². The number of esters is 2. The van der Waals surface area contributed by atoms with Gasteiger partial charge in [-0.15, -0.1) is 0 Å². The van der Waals surface area contributed by atoms with E-state index < -0.39 is 5.97 Å². The molecule has 1 saturated heterocycles. The summed E-state index contributed by atoms with van der Waals surface area (Å²) >= 11 is 0. The number of rotatable bonds is 2. The number of carbonyl (C=O) groups is 2. The van der Waals surface area contributed by atoms with Gasteiger partial charge in [0.05, 0.1) is 6.42 Å². The van der Waals surface area contributed by atoms with Crippen LogP contribution in [0, 0.1) is 17.3 Å². The molecule has 2 rings (SSSR count). The molecule has 0 aromatic heterocycles. The van der Waals surface area contributed by atoms with Crippen LogP contribution in [0.15, 0.2) is 0 Å². The Labute approximate surface area is 108 Å². The molecule has 1 heterocycles. The molecular weight excluding hydrogens is 230 g/mol. The van der Waals surface area contributed by atoms with E-state index in [-0.39, 0.29) is 23.8 Å². The van der Waals surface area contributed by atoms with Crippen LogP contribution in [-0.4, -0.2) is 24.5 Å². The standard InChI is InChI=1S/C14H23NO3/c1-14(2,3)7-11(16)18-13(17)12-10-6-4-5-9(10)8-15-12/h9-10,12,15H,4-8H2,1-3H3. The number of ether oxygens (including phenoxy) is 1. The first-order valence-corrected chi connectivity index (χ1v) is 6.85. The van der Waals surface area contributed by atoms with Crippen molar-refractivity contribution in [3.05, 3.63) is 0 Å². The maximum absolute atomic E-state index is 12.0. The summed E-state index contributed by atoms with van der Waals surface area (Å²) in [5.74, 6) is 0.189. The third-order valence-electron chi connectivity index (χ3n) is 3.89. The van der Waals surface area contributed by atoms with E-state index in [0.29, 0.717) is 11.8 Å². The molecule has 1 aliphatic carbocycles. The molecule has 1 aliphatic heterocycles. The predicted octanol–water partition coefficient (Wildman–Crippen LogP) is 1.88. The van der Waals surface area contributed by atoms with Gasteiger partial charge in [-0.3, -0.25) is 4.79 Å². The molecule has 0 bridgehead atoms. The summed E-state index contributed by atoms with van der Waals surface area (Å²) in [7, 11) is 0. The van der Waals surface area contributed by atoms with Crippen LogP contribution >= 0.6 is 0 Å². The molecule has 0 radical (unpaired) electrons. The predicted molar refractivity (Wildman–Crippen MR) is 67.8 cm³/mol. The molecule has 1 N–H and O–H groups in total. The summed E-state index contributed by atoms with van der Waals surface area (Å²) in [6.07, 6.45) is 3.73. The topological polar surface area (TPSA) is 55.4 Å². The van der Waals surface area contributed by atoms with Crippen molar-refractivity contribution in [3.8, 4) is 0 Å². The Balaban J connectivity index is 1.87. The molecule has 0 spiro atoms. The molecule has 2 aliphatic rings. The molecule has 0 amide bonds. The summed E-state index contributed by atoms with van der Waals surface area (Å²) in [4.78, 5) is 23.6. The van der Waals surface area contributed by atoms with Gasteiger partial charge in [0.1, 0.15) is 6.04 Å². The van der Waals surface area contributed by atoms with Crippen molar-refractivity contribution in [1.29, 1.82) is 0 Å². The van der Waals surface area contributed by atoms with Gasteiger partial charge in [0.15, 0.2) is 0 Å². The molecule has 4 nitrogen and oxygen atoms in total. The molecule has 0 aromatic rings. The summed E-state index contributed by atoms with van der Waals surface area (Å²) in [6, 6.07) is -0.263. The molecular formula is C14H23NO3. The minimum absolute atomic E-state index is 0.142. The Morgan fingerprint density at radius 3 is 2.67 bits per heavy atom. The highest BCUT2D eigenvalue weighted by atomic mass is 16.6. The van der Waals surface area contributed by atoms with Gasteiger partial charge in [0, 0.05) is 0 Å². The average molecular weight is 253 g/mol. The second kappa shape index (κ2) is 5.00. The lowest BCUT2D eigenvalue weighted by Crippen LogP contribution is -2.38. The monoisotopic (exact) mass is 253 g/mol. The van der Waals surface area contributed by atoms with Crippen LogP contribution in [0.2, 0.25) is 0 Å². The number of nitrogens with one attached hydrogen (secondary N) is 1. The molecule has 102 valence electrons. The quantitative estimate of drug-likeness (QED) is 0.603. The Kier molecular flexibility index (Phi) is 3.76. The van der Waals surface area contributed by atoms with Gasteiger partial charge in [0.25, 0.3) is 0 Å². The van der Waals surface area contributed by atoms with Gasteiger partial charge < -0.3 is 10.1 Å². The Morgan fingerprint density at radius 2 is 2.00 bits per heavy atom. The first kappa shape index (κ1) is 13.5. The van der Waals surface area contributed by atoms with E-state index in [1.807, 2.05) is 20.8 Å². The number of carbonyl (C=O) groups excluding carboxylic acids is 2. The third kappa shape index (κ3) is 3.10. The van der Waals surface area contributed by atoms with Crippen LogP contribution < -0.4 is 5.32 Å². The number of hydrogen-bond acceptors (Lipinski definition) is 4. The van der Waals surface area contributed by atoms with Crippen LogP contribution in [0.4, 0.5) is 0 Å². The van der Waals surface area contributed by atoms with E-state index in [0.717, 1.165) is 13.0 Å². The minimum Gasteiger partial charge on any atom is -0.392 e. The molecule has 0 aromatic carbocycles. The lowest BCUT2D eigenvalue weighted by molar-refractivity contribution is -0.162. The summed E-state index contributed by atoms with van der Waals surface area (Å²) in [6.45, 7) is 6.76. The van der Waals surface area contributed by atoms with Crippen LogP contribution in [-0.2, 0) is 14.3 Å². The van der Waals surface area contributed by atoms with Gasteiger partial charge in [-0.2, -0.15) is 0 Å². The highest BCUT2D eigenvalue weighted by Gasteiger charge is 2.43. The van der Waals surface area contributed by atoms with E-state index in [4.69, 9.17) is 4.74 Å². The molecule has 3 unspecified atom stereocenters. The zero-order chi connectivity index (χ0) is 13.3. The average Bonchev–Trinajstić information content (AvgIpc) is 2.72. The van der Waals surface area contributed by atoms with Gasteiger partial charge >= 0.3 is 11.9 Å². The maximum atomic E-state index is 12.0. The summed E-state index contributed by atoms with van der Waals surface area (Å²) in [5, 5.41) is 3.20. The lowest BCUT2D eigenvalue weighted by atomic mass is 9.92. The number of fused-ring (bicyclic) bond motifs is 1. The Morgan fingerprint density at radius 1 is 1.28 bits per heavy atom. The first-order valence-electron chi connectivity index (χ1n) is 6.85. The van der Waals surface area contributed by atoms with E-state index in [1.54, 1.807) is 0 Å². The van der Waals surface area contributed by atoms with Crippen molar-refractivity contribution in [2.75, 3.05) is 6.54 Å². The SMILES string of the molecule is CC(C)(C)CC(=O)OC(=O)C1NCC2CCCC21. The van der Waals surface area contributed by atoms with Crippen molar-refractivity contribution >= 4 is 11.9 Å². The fourth-order valence-corrected chi connectivity index (χ4v) is 3.09. The van der Waals surface area contributed by atoms with Gasteiger partial charge in [-0.1, -0.05) is 27.2 Å². The Bertz CT molecular complexity index is 345. The highest BCUT2D eigenvalue weighted by molar-refractivity contribution is 5.89. The van der Waals surface area contributed by atoms with E-state index in [1.165, 1.54) is 12.8 Å². The van der Waals surface area contributed by atoms with Crippen LogP contribution in [0.3, 0.4) is 0 Å².